The van der Waals surface area contributed by atoms with Gasteiger partial charge >= 0.3 is 0 Å². The molecule has 2 heterocycles. The van der Waals surface area contributed by atoms with Gasteiger partial charge < -0.3 is 10.5 Å². The normalized spacial score (nSPS) is 17.8. The molecule has 0 radical (unpaired) electrons. The number of rotatable bonds is 5. The predicted molar refractivity (Wildman–Crippen MR) is 81.5 cm³/mol. The lowest BCUT2D eigenvalue weighted by molar-refractivity contribution is -0.121. The highest BCUT2D eigenvalue weighted by Crippen LogP contribution is 2.25. The summed E-state index contributed by atoms with van der Waals surface area (Å²) in [4.78, 5) is 29.7. The van der Waals surface area contributed by atoms with E-state index in [4.69, 9.17) is 10.5 Å². The van der Waals surface area contributed by atoms with Gasteiger partial charge in [-0.2, -0.15) is 4.98 Å². The Hall–Kier alpha value is -2.94. The summed E-state index contributed by atoms with van der Waals surface area (Å²) >= 11 is 0. The van der Waals surface area contributed by atoms with Crippen molar-refractivity contribution in [3.05, 3.63) is 30.1 Å². The molecule has 0 aliphatic carbocycles. The van der Waals surface area contributed by atoms with E-state index >= 15 is 0 Å². The number of carbonyl (C=O) groups excluding carboxylic acids is 2. The maximum absolute atomic E-state index is 12.4. The summed E-state index contributed by atoms with van der Waals surface area (Å²) in [6.45, 7) is 0.268. The van der Waals surface area contributed by atoms with Crippen molar-refractivity contribution >= 4 is 23.5 Å². The lowest BCUT2D eigenvalue weighted by atomic mass is 10.2. The molecule has 1 aliphatic rings. The van der Waals surface area contributed by atoms with Gasteiger partial charge in [0.15, 0.2) is 0 Å². The number of hydrogen-bond acceptors (Lipinski definition) is 7. The van der Waals surface area contributed by atoms with Crippen molar-refractivity contribution in [1.82, 2.24) is 20.5 Å². The van der Waals surface area contributed by atoms with E-state index in [0.29, 0.717) is 17.3 Å². The van der Waals surface area contributed by atoms with Crippen molar-refractivity contribution in [1.29, 1.82) is 0 Å². The Morgan fingerprint density at radius 2 is 2.13 bits per heavy atom. The number of anilines is 2. The molecule has 1 aromatic carbocycles. The van der Waals surface area contributed by atoms with E-state index in [0.717, 1.165) is 0 Å². The molecule has 3 rings (SSSR count). The second-order valence-electron chi connectivity index (χ2n) is 5.04. The highest BCUT2D eigenvalue weighted by Gasteiger charge is 2.39. The zero-order chi connectivity index (χ0) is 16.4. The van der Waals surface area contributed by atoms with Gasteiger partial charge in [-0.05, 0) is 24.3 Å². The van der Waals surface area contributed by atoms with Crippen LogP contribution in [-0.2, 0) is 16.1 Å². The van der Waals surface area contributed by atoms with Crippen molar-refractivity contribution in [2.24, 2.45) is 0 Å². The summed E-state index contributed by atoms with van der Waals surface area (Å²) in [5.74, 6) is 0.744. The number of nitrogens with one attached hydrogen (secondary N) is 2. The molecular weight excluding hydrogens is 300 g/mol. The number of nitrogens with two attached hydrogens (primary N) is 1. The Morgan fingerprint density at radius 3 is 2.74 bits per heavy atom. The Morgan fingerprint density at radius 1 is 1.39 bits per heavy atom. The third-order valence-electron chi connectivity index (χ3n) is 3.54. The summed E-state index contributed by atoms with van der Waals surface area (Å²) < 4.78 is 5.07. The number of H-pyrrole nitrogens is 1. The molecule has 4 N–H and O–H groups in total. The SMILES string of the molecule is COc1ccc(N2C(=O)C[C@@H](NCc3nc(N)n[nH]3)C2=O)cc1. The molecule has 2 aromatic rings. The molecule has 9 heteroatoms. The van der Waals surface area contributed by atoms with E-state index < -0.39 is 6.04 Å². The smallest absolute Gasteiger partial charge is 0.251 e. The van der Waals surface area contributed by atoms with E-state index in [9.17, 15) is 9.59 Å². The minimum absolute atomic E-state index is 0.0917. The number of aromatic amines is 1. The van der Waals surface area contributed by atoms with Crippen LogP contribution in [0.3, 0.4) is 0 Å². The number of hydrogen-bond donors (Lipinski definition) is 3. The maximum Gasteiger partial charge on any atom is 0.251 e. The third-order valence-corrected chi connectivity index (χ3v) is 3.54. The van der Waals surface area contributed by atoms with Crippen molar-refractivity contribution < 1.29 is 14.3 Å². The molecule has 1 atom stereocenters. The molecule has 0 unspecified atom stereocenters. The standard InChI is InChI=1S/C14H16N6O3/c1-23-9-4-2-8(3-5-9)20-12(21)6-10(13(20)22)16-7-11-17-14(15)19-18-11/h2-5,10,16H,6-7H2,1H3,(H3,15,17,18,19)/t10-/m1/s1. The van der Waals surface area contributed by atoms with Gasteiger partial charge in [-0.15, -0.1) is 5.10 Å². The van der Waals surface area contributed by atoms with E-state index in [-0.39, 0.29) is 30.7 Å². The molecule has 1 fully saturated rings. The highest BCUT2D eigenvalue weighted by molar-refractivity contribution is 6.22. The van der Waals surface area contributed by atoms with Crippen LogP contribution in [0.15, 0.2) is 24.3 Å². The lowest BCUT2D eigenvalue weighted by Gasteiger charge is -2.15. The van der Waals surface area contributed by atoms with Crippen LogP contribution in [0.5, 0.6) is 5.75 Å². The zero-order valence-electron chi connectivity index (χ0n) is 12.4. The van der Waals surface area contributed by atoms with Gasteiger partial charge in [0, 0.05) is 0 Å². The minimum Gasteiger partial charge on any atom is -0.497 e. The third kappa shape index (κ3) is 2.99. The number of methoxy groups -OCH3 is 1. The number of carbonyl (C=O) groups is 2. The van der Waals surface area contributed by atoms with Crippen LogP contribution in [-0.4, -0.2) is 40.1 Å². The first kappa shape index (κ1) is 15.0. The van der Waals surface area contributed by atoms with Gasteiger partial charge in [0.25, 0.3) is 5.91 Å². The van der Waals surface area contributed by atoms with Gasteiger partial charge in [-0.3, -0.25) is 20.0 Å². The van der Waals surface area contributed by atoms with Crippen molar-refractivity contribution in [3.63, 3.8) is 0 Å². The first-order chi connectivity index (χ1) is 11.1. The fourth-order valence-corrected chi connectivity index (χ4v) is 2.40. The summed E-state index contributed by atoms with van der Waals surface area (Å²) in [5, 5.41) is 9.33. The molecular formula is C14H16N6O3. The number of nitrogens with zero attached hydrogens (tertiary/aromatic N) is 3. The predicted octanol–water partition coefficient (Wildman–Crippen LogP) is -0.183. The maximum atomic E-state index is 12.4. The van der Waals surface area contributed by atoms with Gasteiger partial charge in [0.2, 0.25) is 11.9 Å². The summed E-state index contributed by atoms with van der Waals surface area (Å²) in [6, 6.07) is 6.15. The van der Waals surface area contributed by atoms with Crippen LogP contribution in [0, 0.1) is 0 Å². The number of benzene rings is 1. The molecule has 1 aromatic heterocycles. The molecule has 1 saturated heterocycles. The summed E-state index contributed by atoms with van der Waals surface area (Å²) in [5.41, 5.74) is 5.93. The van der Waals surface area contributed by atoms with Crippen LogP contribution in [0.25, 0.3) is 0 Å². The summed E-state index contributed by atoms with van der Waals surface area (Å²) in [7, 11) is 1.55. The van der Waals surface area contributed by atoms with Crippen molar-refractivity contribution in [3.8, 4) is 5.75 Å². The number of ether oxygens (including phenoxy) is 1. The molecule has 120 valence electrons. The Labute approximate surface area is 131 Å². The van der Waals surface area contributed by atoms with Crippen LogP contribution in [0.4, 0.5) is 11.6 Å². The van der Waals surface area contributed by atoms with Crippen molar-refractivity contribution in [2.75, 3.05) is 17.7 Å². The van der Waals surface area contributed by atoms with Crippen molar-refractivity contribution in [2.45, 2.75) is 19.0 Å². The van der Waals surface area contributed by atoms with Crippen LogP contribution >= 0.6 is 0 Å². The number of nitrogen functional groups attached to an aromatic ring is 1. The molecule has 1 aliphatic heterocycles. The van der Waals surface area contributed by atoms with Gasteiger partial charge in [-0.1, -0.05) is 0 Å². The Kier molecular flexibility index (Phi) is 3.94. The monoisotopic (exact) mass is 316 g/mol. The molecule has 0 spiro atoms. The second kappa shape index (κ2) is 6.05. The first-order valence-electron chi connectivity index (χ1n) is 6.99. The molecule has 0 saturated carbocycles. The van der Waals surface area contributed by atoms with Gasteiger partial charge in [0.05, 0.1) is 31.8 Å². The second-order valence-corrected chi connectivity index (χ2v) is 5.04. The van der Waals surface area contributed by atoms with E-state index in [1.165, 1.54) is 4.90 Å². The minimum atomic E-state index is -0.601. The lowest BCUT2D eigenvalue weighted by Crippen LogP contribution is -2.38. The number of amides is 2. The summed E-state index contributed by atoms with van der Waals surface area (Å²) in [6.07, 6.45) is 0.0917. The van der Waals surface area contributed by atoms with Crippen LogP contribution in [0.1, 0.15) is 12.2 Å². The average molecular weight is 316 g/mol. The zero-order valence-corrected chi connectivity index (χ0v) is 12.4. The first-order valence-corrected chi connectivity index (χ1v) is 6.99. The van der Waals surface area contributed by atoms with E-state index in [1.807, 2.05) is 0 Å². The molecule has 0 bridgehead atoms. The van der Waals surface area contributed by atoms with Crippen LogP contribution < -0.4 is 20.7 Å². The van der Waals surface area contributed by atoms with Crippen LogP contribution in [0.2, 0.25) is 0 Å². The number of imide groups is 1. The van der Waals surface area contributed by atoms with Gasteiger partial charge in [-0.25, -0.2) is 4.90 Å². The molecule has 23 heavy (non-hydrogen) atoms. The quantitative estimate of drug-likeness (QED) is 0.653. The Balaban J connectivity index is 1.69. The largest absolute Gasteiger partial charge is 0.497 e. The fraction of sp³-hybridized carbons (Fsp3) is 0.286. The molecule has 2 amide bonds. The average Bonchev–Trinajstić information content (AvgIpc) is 3.09. The number of aromatic nitrogens is 3. The Bertz CT molecular complexity index is 726. The highest BCUT2D eigenvalue weighted by atomic mass is 16.5. The topological polar surface area (TPSA) is 126 Å². The van der Waals surface area contributed by atoms with E-state index in [2.05, 4.69) is 20.5 Å². The van der Waals surface area contributed by atoms with E-state index in [1.54, 1.807) is 31.4 Å². The molecule has 9 nitrogen and oxygen atoms in total. The fourth-order valence-electron chi connectivity index (χ4n) is 2.40. The van der Waals surface area contributed by atoms with Gasteiger partial charge in [0.1, 0.15) is 11.6 Å².